The van der Waals surface area contributed by atoms with Crippen LogP contribution in [0.25, 0.3) is 0 Å². The topological polar surface area (TPSA) is 66.6 Å². The summed E-state index contributed by atoms with van der Waals surface area (Å²) in [5.41, 5.74) is 8.86. The number of nitrogens with zero attached hydrogens (tertiary/aromatic N) is 2. The van der Waals surface area contributed by atoms with E-state index in [1.54, 1.807) is 4.90 Å². The summed E-state index contributed by atoms with van der Waals surface area (Å²) in [6.45, 7) is 6.70. The van der Waals surface area contributed by atoms with Gasteiger partial charge in [0.05, 0.1) is 0 Å². The summed E-state index contributed by atoms with van der Waals surface area (Å²) in [5.74, 6) is -0.215. The van der Waals surface area contributed by atoms with Crippen LogP contribution in [0.5, 0.6) is 0 Å². The zero-order chi connectivity index (χ0) is 16.6. The molecule has 0 aliphatic carbocycles. The van der Waals surface area contributed by atoms with Crippen LogP contribution in [0.4, 0.5) is 5.69 Å². The van der Waals surface area contributed by atoms with Crippen molar-refractivity contribution in [2.24, 2.45) is 17.6 Å². The second-order valence-electron chi connectivity index (χ2n) is 6.85. The summed E-state index contributed by atoms with van der Waals surface area (Å²) >= 11 is 0. The van der Waals surface area contributed by atoms with Crippen LogP contribution in [0.15, 0.2) is 18.2 Å². The van der Waals surface area contributed by atoms with Crippen molar-refractivity contribution in [3.8, 4) is 0 Å². The van der Waals surface area contributed by atoms with E-state index in [0.717, 1.165) is 29.8 Å². The molecule has 0 bridgehead atoms. The quantitative estimate of drug-likeness (QED) is 0.859. The minimum Gasteiger partial charge on any atom is -0.342 e. The highest BCUT2D eigenvalue weighted by Gasteiger charge is 2.41. The first-order valence-corrected chi connectivity index (χ1v) is 8.38. The fourth-order valence-electron chi connectivity index (χ4n) is 3.72. The molecule has 0 radical (unpaired) electrons. The third-order valence-electron chi connectivity index (χ3n) is 4.95. The van der Waals surface area contributed by atoms with Gasteiger partial charge in [0.15, 0.2) is 0 Å². The Morgan fingerprint density at radius 1 is 1.17 bits per heavy atom. The third-order valence-corrected chi connectivity index (χ3v) is 4.95. The molecule has 1 aromatic carbocycles. The Kier molecular flexibility index (Phi) is 4.39. The molecule has 0 saturated carbocycles. The molecule has 2 aliphatic heterocycles. The lowest BCUT2D eigenvalue weighted by Crippen LogP contribution is -2.39. The predicted molar refractivity (Wildman–Crippen MR) is 90.1 cm³/mol. The Morgan fingerprint density at radius 2 is 1.87 bits per heavy atom. The number of rotatable bonds is 3. The van der Waals surface area contributed by atoms with Crippen molar-refractivity contribution in [3.05, 3.63) is 29.3 Å². The highest BCUT2D eigenvalue weighted by molar-refractivity contribution is 6.09. The average molecular weight is 315 g/mol. The highest BCUT2D eigenvalue weighted by Crippen LogP contribution is 2.29. The Morgan fingerprint density at radius 3 is 2.48 bits per heavy atom. The number of hydrogen-bond acceptors (Lipinski definition) is 3. The smallest absolute Gasteiger partial charge is 0.239 e. The van der Waals surface area contributed by atoms with Crippen LogP contribution in [-0.2, 0) is 9.59 Å². The molecule has 3 rings (SSSR count). The van der Waals surface area contributed by atoms with Gasteiger partial charge in [0.2, 0.25) is 11.8 Å². The van der Waals surface area contributed by atoms with Crippen LogP contribution in [0.3, 0.4) is 0 Å². The zero-order valence-electron chi connectivity index (χ0n) is 13.9. The highest BCUT2D eigenvalue weighted by atomic mass is 16.2. The number of carbonyl (C=O) groups excluding carboxylic acids is 2. The van der Waals surface area contributed by atoms with Crippen molar-refractivity contribution in [2.75, 3.05) is 31.1 Å². The molecule has 2 atom stereocenters. The lowest BCUT2D eigenvalue weighted by Gasteiger charge is -2.21. The SMILES string of the molecule is Cc1cc(C)cc(N2CC[C@H](C(=O)N3CC[C@@H](CN)C3)C2=O)c1. The number of anilines is 1. The molecule has 2 saturated heterocycles. The maximum Gasteiger partial charge on any atom is 0.239 e. The van der Waals surface area contributed by atoms with E-state index >= 15 is 0 Å². The van der Waals surface area contributed by atoms with Crippen molar-refractivity contribution in [1.82, 2.24) is 4.90 Å². The van der Waals surface area contributed by atoms with E-state index in [2.05, 4.69) is 6.07 Å². The molecule has 0 unspecified atom stereocenters. The van der Waals surface area contributed by atoms with Gasteiger partial charge in [0, 0.05) is 25.3 Å². The van der Waals surface area contributed by atoms with Crippen molar-refractivity contribution in [3.63, 3.8) is 0 Å². The van der Waals surface area contributed by atoms with Gasteiger partial charge in [-0.3, -0.25) is 9.59 Å². The average Bonchev–Trinajstić information content (AvgIpc) is 3.12. The lowest BCUT2D eigenvalue weighted by atomic mass is 10.1. The summed E-state index contributed by atoms with van der Waals surface area (Å²) < 4.78 is 0. The van der Waals surface area contributed by atoms with Gasteiger partial charge in [0.25, 0.3) is 0 Å². The standard InChI is InChI=1S/C18H25N3O2/c1-12-7-13(2)9-15(8-12)21-6-4-16(18(21)23)17(22)20-5-3-14(10-19)11-20/h7-9,14,16H,3-6,10-11,19H2,1-2H3/t14-,16+/m0/s1. The molecular formula is C18H25N3O2. The molecule has 2 heterocycles. The molecule has 2 amide bonds. The number of benzene rings is 1. The molecule has 2 aliphatic rings. The van der Waals surface area contributed by atoms with Crippen LogP contribution in [0.1, 0.15) is 24.0 Å². The number of carbonyl (C=O) groups is 2. The Labute approximate surface area is 137 Å². The molecule has 0 aromatic heterocycles. The molecule has 124 valence electrons. The first kappa shape index (κ1) is 16.0. The molecule has 23 heavy (non-hydrogen) atoms. The minimum absolute atomic E-state index is 0.0159. The van der Waals surface area contributed by atoms with Gasteiger partial charge in [-0.05, 0) is 62.4 Å². The summed E-state index contributed by atoms with van der Waals surface area (Å²) in [5, 5.41) is 0. The van der Waals surface area contributed by atoms with E-state index in [9.17, 15) is 9.59 Å². The van der Waals surface area contributed by atoms with Gasteiger partial charge in [-0.1, -0.05) is 6.07 Å². The van der Waals surface area contributed by atoms with Gasteiger partial charge < -0.3 is 15.5 Å². The first-order valence-electron chi connectivity index (χ1n) is 8.38. The molecule has 1 aromatic rings. The zero-order valence-corrected chi connectivity index (χ0v) is 13.9. The summed E-state index contributed by atoms with van der Waals surface area (Å²) in [7, 11) is 0. The van der Waals surface area contributed by atoms with E-state index in [1.165, 1.54) is 0 Å². The van der Waals surface area contributed by atoms with Crippen LogP contribution in [0, 0.1) is 25.7 Å². The maximum atomic E-state index is 12.7. The van der Waals surface area contributed by atoms with Gasteiger partial charge in [-0.25, -0.2) is 0 Å². The molecule has 5 nitrogen and oxygen atoms in total. The van der Waals surface area contributed by atoms with Crippen molar-refractivity contribution in [2.45, 2.75) is 26.7 Å². The first-order chi connectivity index (χ1) is 11.0. The van der Waals surface area contributed by atoms with E-state index in [4.69, 9.17) is 5.73 Å². The maximum absolute atomic E-state index is 12.7. The largest absolute Gasteiger partial charge is 0.342 e. The molecule has 5 heteroatoms. The van der Waals surface area contributed by atoms with Gasteiger partial charge >= 0.3 is 0 Å². The number of likely N-dealkylation sites (tertiary alicyclic amines) is 1. The summed E-state index contributed by atoms with van der Waals surface area (Å²) in [6.07, 6.45) is 1.55. The van der Waals surface area contributed by atoms with Crippen LogP contribution < -0.4 is 10.6 Å². The van der Waals surface area contributed by atoms with Gasteiger partial charge in [0.1, 0.15) is 5.92 Å². The van der Waals surface area contributed by atoms with Crippen LogP contribution in [0.2, 0.25) is 0 Å². The number of hydrogen-bond donors (Lipinski definition) is 1. The van der Waals surface area contributed by atoms with Crippen LogP contribution >= 0.6 is 0 Å². The fourth-order valence-corrected chi connectivity index (χ4v) is 3.72. The number of amides is 2. The second-order valence-corrected chi connectivity index (χ2v) is 6.85. The van der Waals surface area contributed by atoms with Crippen molar-refractivity contribution >= 4 is 17.5 Å². The molecule has 2 fully saturated rings. The monoisotopic (exact) mass is 315 g/mol. The van der Waals surface area contributed by atoms with Crippen LogP contribution in [-0.4, -0.2) is 42.9 Å². The second kappa shape index (κ2) is 6.32. The molecule has 2 N–H and O–H groups in total. The van der Waals surface area contributed by atoms with E-state index in [0.29, 0.717) is 32.0 Å². The fraction of sp³-hybridized carbons (Fsp3) is 0.556. The molecule has 0 spiro atoms. The Hall–Kier alpha value is -1.88. The van der Waals surface area contributed by atoms with Crippen molar-refractivity contribution < 1.29 is 9.59 Å². The van der Waals surface area contributed by atoms with Crippen molar-refractivity contribution in [1.29, 1.82) is 0 Å². The van der Waals surface area contributed by atoms with E-state index < -0.39 is 5.92 Å². The predicted octanol–water partition coefficient (Wildman–Crippen LogP) is 1.46. The summed E-state index contributed by atoms with van der Waals surface area (Å²) in [4.78, 5) is 29.0. The summed E-state index contributed by atoms with van der Waals surface area (Å²) in [6, 6.07) is 6.11. The Bertz CT molecular complexity index is 608. The van der Waals surface area contributed by atoms with E-state index in [1.807, 2.05) is 30.9 Å². The third kappa shape index (κ3) is 3.11. The number of aryl methyl sites for hydroxylation is 2. The molecular weight excluding hydrogens is 290 g/mol. The number of nitrogens with two attached hydrogens (primary N) is 1. The van der Waals surface area contributed by atoms with Gasteiger partial charge in [-0.15, -0.1) is 0 Å². The van der Waals surface area contributed by atoms with E-state index in [-0.39, 0.29) is 11.8 Å². The normalized spacial score (nSPS) is 24.6. The Balaban J connectivity index is 1.72. The minimum atomic E-state index is -0.521. The lowest BCUT2D eigenvalue weighted by molar-refractivity contribution is -0.139. The van der Waals surface area contributed by atoms with Gasteiger partial charge in [-0.2, -0.15) is 0 Å².